The minimum absolute atomic E-state index is 0.305. The first-order valence-electron chi connectivity index (χ1n) is 8.29. The number of nitrogens with two attached hydrogens (primary N) is 1. The second-order valence-corrected chi connectivity index (χ2v) is 6.91. The van der Waals surface area contributed by atoms with E-state index in [1.165, 1.54) is 5.56 Å². The van der Waals surface area contributed by atoms with Crippen LogP contribution in [0.1, 0.15) is 74.9 Å². The lowest BCUT2D eigenvalue weighted by Gasteiger charge is -2.34. The SMILES string of the molecule is Cc1ccc(C(C)C)cc1OC(C)c1nc(C2(N)CCC2)no1. The van der Waals surface area contributed by atoms with Gasteiger partial charge in [-0.05, 0) is 56.2 Å². The summed E-state index contributed by atoms with van der Waals surface area (Å²) in [6.07, 6.45) is 2.64. The van der Waals surface area contributed by atoms with Crippen LogP contribution in [0.5, 0.6) is 5.75 Å². The molecule has 3 rings (SSSR count). The van der Waals surface area contributed by atoms with Gasteiger partial charge in [-0.15, -0.1) is 0 Å². The van der Waals surface area contributed by atoms with E-state index in [4.69, 9.17) is 15.0 Å². The standard InChI is InChI=1S/C18H25N3O2/c1-11(2)14-7-6-12(3)15(10-14)22-13(4)16-20-17(21-23-16)18(19)8-5-9-18/h6-7,10-11,13H,5,8-9,19H2,1-4H3. The maximum atomic E-state index is 6.24. The Morgan fingerprint density at radius 2 is 2.00 bits per heavy atom. The Morgan fingerprint density at radius 1 is 1.26 bits per heavy atom. The molecule has 2 aromatic rings. The Morgan fingerprint density at radius 3 is 2.61 bits per heavy atom. The van der Waals surface area contributed by atoms with Gasteiger partial charge in [-0.2, -0.15) is 4.98 Å². The molecule has 0 spiro atoms. The molecule has 1 atom stereocenters. The summed E-state index contributed by atoms with van der Waals surface area (Å²) in [5.74, 6) is 2.39. The lowest BCUT2D eigenvalue weighted by atomic mass is 9.77. The van der Waals surface area contributed by atoms with E-state index in [1.54, 1.807) is 0 Å². The molecule has 0 radical (unpaired) electrons. The fourth-order valence-corrected chi connectivity index (χ4v) is 2.73. The smallest absolute Gasteiger partial charge is 0.267 e. The first-order valence-corrected chi connectivity index (χ1v) is 8.29. The van der Waals surface area contributed by atoms with E-state index in [0.29, 0.717) is 17.6 Å². The Balaban J connectivity index is 1.77. The van der Waals surface area contributed by atoms with Crippen molar-refractivity contribution in [1.29, 1.82) is 0 Å². The van der Waals surface area contributed by atoms with Gasteiger partial charge >= 0.3 is 0 Å². The van der Waals surface area contributed by atoms with E-state index in [0.717, 1.165) is 30.6 Å². The number of aryl methyl sites for hydroxylation is 1. The number of hydrogen-bond acceptors (Lipinski definition) is 5. The minimum Gasteiger partial charge on any atom is -0.481 e. The molecule has 5 heteroatoms. The quantitative estimate of drug-likeness (QED) is 0.903. The van der Waals surface area contributed by atoms with Gasteiger partial charge in [0.1, 0.15) is 5.75 Å². The number of hydrogen-bond donors (Lipinski definition) is 1. The van der Waals surface area contributed by atoms with Gasteiger partial charge in [0.2, 0.25) is 0 Å². The molecule has 1 aliphatic carbocycles. The van der Waals surface area contributed by atoms with E-state index in [9.17, 15) is 0 Å². The van der Waals surface area contributed by atoms with E-state index in [1.807, 2.05) is 13.8 Å². The fraction of sp³-hybridized carbons (Fsp3) is 0.556. The number of rotatable bonds is 5. The summed E-state index contributed by atoms with van der Waals surface area (Å²) in [4.78, 5) is 4.46. The number of nitrogens with zero attached hydrogens (tertiary/aromatic N) is 2. The molecular weight excluding hydrogens is 290 g/mol. The third kappa shape index (κ3) is 3.11. The van der Waals surface area contributed by atoms with Crippen LogP contribution >= 0.6 is 0 Å². The summed E-state index contributed by atoms with van der Waals surface area (Å²) < 4.78 is 11.4. The second-order valence-electron chi connectivity index (χ2n) is 6.91. The van der Waals surface area contributed by atoms with Crippen LogP contribution in [0.4, 0.5) is 0 Å². The van der Waals surface area contributed by atoms with Crippen LogP contribution in [0.3, 0.4) is 0 Å². The highest BCUT2D eigenvalue weighted by Crippen LogP contribution is 2.37. The monoisotopic (exact) mass is 315 g/mol. The molecule has 0 amide bonds. The Bertz CT molecular complexity index is 689. The van der Waals surface area contributed by atoms with Gasteiger partial charge < -0.3 is 15.0 Å². The molecule has 1 fully saturated rings. The molecule has 1 saturated carbocycles. The first-order chi connectivity index (χ1) is 10.9. The molecule has 1 aromatic carbocycles. The number of ether oxygens (including phenoxy) is 1. The van der Waals surface area contributed by atoms with Gasteiger partial charge in [0.25, 0.3) is 5.89 Å². The molecule has 0 bridgehead atoms. The van der Waals surface area contributed by atoms with Gasteiger partial charge in [0.15, 0.2) is 11.9 Å². The molecule has 23 heavy (non-hydrogen) atoms. The number of aromatic nitrogens is 2. The first kappa shape index (κ1) is 16.0. The Kier molecular flexibility index (Phi) is 4.15. The normalized spacial score (nSPS) is 17.8. The Hall–Kier alpha value is -1.88. The minimum atomic E-state index is -0.408. The third-order valence-electron chi connectivity index (χ3n) is 4.66. The summed E-state index contributed by atoms with van der Waals surface area (Å²) in [5.41, 5.74) is 8.18. The van der Waals surface area contributed by atoms with Crippen molar-refractivity contribution in [3.63, 3.8) is 0 Å². The van der Waals surface area contributed by atoms with Crippen LogP contribution in [-0.2, 0) is 5.54 Å². The van der Waals surface area contributed by atoms with Crippen molar-refractivity contribution in [1.82, 2.24) is 10.1 Å². The molecule has 1 aliphatic rings. The van der Waals surface area contributed by atoms with E-state index < -0.39 is 5.54 Å². The van der Waals surface area contributed by atoms with Crippen molar-refractivity contribution in [3.05, 3.63) is 41.0 Å². The van der Waals surface area contributed by atoms with Crippen LogP contribution < -0.4 is 10.5 Å². The average Bonchev–Trinajstić information content (AvgIpc) is 2.97. The lowest BCUT2D eigenvalue weighted by molar-refractivity contribution is 0.173. The zero-order valence-corrected chi connectivity index (χ0v) is 14.3. The van der Waals surface area contributed by atoms with Gasteiger partial charge in [0.05, 0.1) is 5.54 Å². The van der Waals surface area contributed by atoms with Crippen molar-refractivity contribution in [2.24, 2.45) is 5.73 Å². The van der Waals surface area contributed by atoms with Gasteiger partial charge in [-0.25, -0.2) is 0 Å². The zero-order valence-electron chi connectivity index (χ0n) is 14.3. The molecule has 2 N–H and O–H groups in total. The molecule has 124 valence electrons. The predicted octanol–water partition coefficient (Wildman–Crippen LogP) is 3.98. The van der Waals surface area contributed by atoms with Crippen molar-refractivity contribution in [2.75, 3.05) is 0 Å². The van der Waals surface area contributed by atoms with Gasteiger partial charge in [0, 0.05) is 0 Å². The van der Waals surface area contributed by atoms with Crippen molar-refractivity contribution >= 4 is 0 Å². The maximum Gasteiger partial charge on any atom is 0.267 e. The summed E-state index contributed by atoms with van der Waals surface area (Å²) >= 11 is 0. The predicted molar refractivity (Wildman–Crippen MR) is 88.3 cm³/mol. The molecule has 0 aliphatic heterocycles. The van der Waals surface area contributed by atoms with Gasteiger partial charge in [-0.3, -0.25) is 0 Å². The number of benzene rings is 1. The summed E-state index contributed by atoms with van der Waals surface area (Å²) in [7, 11) is 0. The van der Waals surface area contributed by atoms with Crippen LogP contribution in [0.2, 0.25) is 0 Å². The van der Waals surface area contributed by atoms with E-state index in [2.05, 4.69) is 42.2 Å². The lowest BCUT2D eigenvalue weighted by Crippen LogP contribution is -2.44. The fourth-order valence-electron chi connectivity index (χ4n) is 2.73. The second kappa shape index (κ2) is 5.96. The highest BCUT2D eigenvalue weighted by Gasteiger charge is 2.39. The molecular formula is C18H25N3O2. The molecule has 5 nitrogen and oxygen atoms in total. The molecule has 1 heterocycles. The summed E-state index contributed by atoms with van der Waals surface area (Å²) in [6, 6.07) is 6.31. The van der Waals surface area contributed by atoms with Crippen LogP contribution in [0, 0.1) is 6.92 Å². The van der Waals surface area contributed by atoms with E-state index in [-0.39, 0.29) is 6.10 Å². The van der Waals surface area contributed by atoms with Crippen LogP contribution in [-0.4, -0.2) is 10.1 Å². The van der Waals surface area contributed by atoms with Gasteiger partial charge in [-0.1, -0.05) is 31.1 Å². The topological polar surface area (TPSA) is 74.2 Å². The maximum absolute atomic E-state index is 6.24. The third-order valence-corrected chi connectivity index (χ3v) is 4.66. The highest BCUT2D eigenvalue weighted by atomic mass is 16.5. The van der Waals surface area contributed by atoms with Crippen LogP contribution in [0.25, 0.3) is 0 Å². The van der Waals surface area contributed by atoms with Crippen molar-refractivity contribution < 1.29 is 9.26 Å². The molecule has 0 saturated heterocycles. The van der Waals surface area contributed by atoms with Crippen LogP contribution in [0.15, 0.2) is 22.7 Å². The molecule has 1 unspecified atom stereocenters. The highest BCUT2D eigenvalue weighted by molar-refractivity contribution is 5.38. The summed E-state index contributed by atoms with van der Waals surface area (Å²) in [5, 5.41) is 4.05. The van der Waals surface area contributed by atoms with Crippen molar-refractivity contribution in [3.8, 4) is 5.75 Å². The average molecular weight is 315 g/mol. The zero-order chi connectivity index (χ0) is 16.6. The van der Waals surface area contributed by atoms with E-state index >= 15 is 0 Å². The largest absolute Gasteiger partial charge is 0.481 e. The Labute approximate surface area is 137 Å². The summed E-state index contributed by atoms with van der Waals surface area (Å²) in [6.45, 7) is 8.29. The molecule has 1 aromatic heterocycles. The van der Waals surface area contributed by atoms with Crippen molar-refractivity contribution in [2.45, 2.75) is 64.5 Å².